The number of pyridine rings is 1. The van der Waals surface area contributed by atoms with Crippen LogP contribution in [-0.2, 0) is 11.3 Å². The van der Waals surface area contributed by atoms with Crippen molar-refractivity contribution in [3.8, 4) is 0 Å². The molecule has 100 valence electrons. The smallest absolute Gasteiger partial charge is 0.360 e. The minimum absolute atomic E-state index is 0.249. The summed E-state index contributed by atoms with van der Waals surface area (Å²) in [6.45, 7) is 4.32. The molecule has 2 aromatic heterocycles. The fraction of sp³-hybridized carbons (Fsp3) is 0.333. The van der Waals surface area contributed by atoms with E-state index in [1.165, 1.54) is 0 Å². The van der Waals surface area contributed by atoms with E-state index in [-0.39, 0.29) is 5.69 Å². The van der Waals surface area contributed by atoms with Crippen molar-refractivity contribution in [2.45, 2.75) is 20.4 Å². The number of carbonyl (C=O) groups excluding carboxylic acids is 1. The lowest BCUT2D eigenvalue weighted by Gasteiger charge is -2.03. The van der Waals surface area contributed by atoms with Crippen molar-refractivity contribution < 1.29 is 9.53 Å². The first kappa shape index (κ1) is 13.7. The van der Waals surface area contributed by atoms with Crippen LogP contribution in [0.5, 0.6) is 0 Å². The van der Waals surface area contributed by atoms with Gasteiger partial charge in [-0.1, -0.05) is 5.21 Å². The topological polar surface area (TPSA) is 69.9 Å². The normalized spacial score (nSPS) is 10.5. The van der Waals surface area contributed by atoms with Crippen LogP contribution in [0.1, 0.15) is 28.8 Å². The van der Waals surface area contributed by atoms with E-state index in [4.69, 9.17) is 4.74 Å². The van der Waals surface area contributed by atoms with Gasteiger partial charge >= 0.3 is 5.97 Å². The van der Waals surface area contributed by atoms with Crippen molar-refractivity contribution in [1.82, 2.24) is 20.0 Å². The summed E-state index contributed by atoms with van der Waals surface area (Å²) in [4.78, 5) is 15.9. The summed E-state index contributed by atoms with van der Waals surface area (Å²) in [5, 5.41) is 7.80. The fourth-order valence-corrected chi connectivity index (χ4v) is 1.79. The Balaban J connectivity index is 2.18. The average molecular weight is 325 g/mol. The monoisotopic (exact) mass is 324 g/mol. The molecule has 0 aliphatic rings. The van der Waals surface area contributed by atoms with Crippen molar-refractivity contribution >= 4 is 21.9 Å². The molecular weight excluding hydrogens is 312 g/mol. The second-order valence-corrected chi connectivity index (χ2v) is 4.79. The van der Waals surface area contributed by atoms with Crippen LogP contribution < -0.4 is 0 Å². The zero-order valence-corrected chi connectivity index (χ0v) is 12.2. The van der Waals surface area contributed by atoms with Crippen molar-refractivity contribution in [3.63, 3.8) is 0 Å². The lowest BCUT2D eigenvalue weighted by Crippen LogP contribution is -2.09. The lowest BCUT2D eigenvalue weighted by molar-refractivity contribution is 0.0518. The Bertz CT molecular complexity index is 580. The Morgan fingerprint density at radius 2 is 2.26 bits per heavy atom. The number of esters is 1. The molecule has 2 rings (SSSR count). The summed E-state index contributed by atoms with van der Waals surface area (Å²) >= 11 is 3.33. The Labute approximate surface area is 118 Å². The average Bonchev–Trinajstić information content (AvgIpc) is 2.74. The van der Waals surface area contributed by atoms with Gasteiger partial charge in [0.15, 0.2) is 5.69 Å². The highest BCUT2D eigenvalue weighted by Crippen LogP contribution is 2.10. The van der Waals surface area contributed by atoms with Gasteiger partial charge in [0.2, 0.25) is 0 Å². The first-order valence-electron chi connectivity index (χ1n) is 5.79. The zero-order valence-electron chi connectivity index (χ0n) is 10.6. The van der Waals surface area contributed by atoms with E-state index in [0.29, 0.717) is 18.8 Å². The van der Waals surface area contributed by atoms with Crippen molar-refractivity contribution in [1.29, 1.82) is 0 Å². The van der Waals surface area contributed by atoms with E-state index in [1.807, 2.05) is 12.1 Å². The van der Waals surface area contributed by atoms with Gasteiger partial charge in [-0.05, 0) is 41.9 Å². The van der Waals surface area contributed by atoms with E-state index < -0.39 is 5.97 Å². The molecule has 7 heteroatoms. The molecule has 0 unspecified atom stereocenters. The molecule has 0 atom stereocenters. The highest BCUT2D eigenvalue weighted by molar-refractivity contribution is 9.10. The third-order valence-electron chi connectivity index (χ3n) is 2.55. The van der Waals surface area contributed by atoms with E-state index in [2.05, 4.69) is 31.2 Å². The summed E-state index contributed by atoms with van der Waals surface area (Å²) in [7, 11) is 0. The lowest BCUT2D eigenvalue weighted by atomic mass is 10.3. The molecule has 0 aromatic carbocycles. The summed E-state index contributed by atoms with van der Waals surface area (Å²) in [6.07, 6.45) is 1.72. The number of hydrogen-bond donors (Lipinski definition) is 0. The van der Waals surface area contributed by atoms with Crippen LogP contribution in [-0.4, -0.2) is 32.6 Å². The molecule has 0 saturated heterocycles. The predicted molar refractivity (Wildman–Crippen MR) is 71.8 cm³/mol. The number of ether oxygens (including phenoxy) is 1. The minimum Gasteiger partial charge on any atom is -0.461 e. The van der Waals surface area contributed by atoms with Gasteiger partial charge in [-0.2, -0.15) is 0 Å². The highest BCUT2D eigenvalue weighted by Gasteiger charge is 2.17. The maximum atomic E-state index is 11.6. The third kappa shape index (κ3) is 3.17. The summed E-state index contributed by atoms with van der Waals surface area (Å²) < 4.78 is 7.45. The van der Waals surface area contributed by atoms with Gasteiger partial charge in [-0.15, -0.1) is 5.10 Å². The molecule has 0 aliphatic carbocycles. The molecule has 0 bridgehead atoms. The number of halogens is 1. The molecule has 0 aliphatic heterocycles. The molecule has 0 amide bonds. The molecule has 2 aromatic rings. The van der Waals surface area contributed by atoms with Gasteiger partial charge in [0.05, 0.1) is 24.5 Å². The van der Waals surface area contributed by atoms with E-state index >= 15 is 0 Å². The van der Waals surface area contributed by atoms with Crippen molar-refractivity contribution in [2.75, 3.05) is 6.61 Å². The highest BCUT2D eigenvalue weighted by atomic mass is 79.9. The SMILES string of the molecule is CCOC(=O)c1nnn(Cc2ccc(Br)cn2)c1C. The number of carbonyl (C=O) groups is 1. The molecule has 6 nitrogen and oxygen atoms in total. The summed E-state index contributed by atoms with van der Waals surface area (Å²) in [5.41, 5.74) is 1.76. The molecule has 0 saturated carbocycles. The van der Waals surface area contributed by atoms with Crippen LogP contribution >= 0.6 is 15.9 Å². The van der Waals surface area contributed by atoms with Crippen LogP contribution in [0.3, 0.4) is 0 Å². The molecule has 0 radical (unpaired) electrons. The molecule has 2 heterocycles. The van der Waals surface area contributed by atoms with Gasteiger partial charge in [-0.3, -0.25) is 4.98 Å². The van der Waals surface area contributed by atoms with E-state index in [0.717, 1.165) is 10.2 Å². The first-order valence-corrected chi connectivity index (χ1v) is 6.58. The maximum Gasteiger partial charge on any atom is 0.360 e. The first-order chi connectivity index (χ1) is 9.11. The molecule has 0 spiro atoms. The fourth-order valence-electron chi connectivity index (χ4n) is 1.55. The largest absolute Gasteiger partial charge is 0.461 e. The van der Waals surface area contributed by atoms with Crippen LogP contribution in [0.25, 0.3) is 0 Å². The van der Waals surface area contributed by atoms with Gasteiger partial charge in [0, 0.05) is 10.7 Å². The number of hydrogen-bond acceptors (Lipinski definition) is 5. The second-order valence-electron chi connectivity index (χ2n) is 3.87. The van der Waals surface area contributed by atoms with Gasteiger partial charge < -0.3 is 4.74 Å². The van der Waals surface area contributed by atoms with Crippen molar-refractivity contribution in [3.05, 3.63) is 39.9 Å². The Kier molecular flexibility index (Phi) is 4.26. The van der Waals surface area contributed by atoms with Crippen LogP contribution in [0, 0.1) is 6.92 Å². The Morgan fingerprint density at radius 3 is 2.89 bits per heavy atom. The van der Waals surface area contributed by atoms with Crippen LogP contribution in [0.2, 0.25) is 0 Å². The Morgan fingerprint density at radius 1 is 1.47 bits per heavy atom. The van der Waals surface area contributed by atoms with E-state index in [9.17, 15) is 4.79 Å². The minimum atomic E-state index is -0.449. The summed E-state index contributed by atoms with van der Waals surface area (Å²) in [5.74, 6) is -0.449. The van der Waals surface area contributed by atoms with E-state index in [1.54, 1.807) is 24.7 Å². The predicted octanol–water partition coefficient (Wildman–Crippen LogP) is 1.97. The van der Waals surface area contributed by atoms with Crippen molar-refractivity contribution in [2.24, 2.45) is 0 Å². The van der Waals surface area contributed by atoms with Crippen LogP contribution in [0.15, 0.2) is 22.8 Å². The number of nitrogens with zero attached hydrogens (tertiary/aromatic N) is 4. The second kappa shape index (κ2) is 5.92. The summed E-state index contributed by atoms with van der Waals surface area (Å²) in [6, 6.07) is 3.79. The standard InChI is InChI=1S/C12H13BrN4O2/c1-3-19-12(18)11-8(2)17(16-15-11)7-10-5-4-9(13)6-14-10/h4-6H,3,7H2,1-2H3. The van der Waals surface area contributed by atoms with Crippen LogP contribution in [0.4, 0.5) is 0 Å². The molecule has 19 heavy (non-hydrogen) atoms. The third-order valence-corrected chi connectivity index (χ3v) is 3.02. The quantitative estimate of drug-likeness (QED) is 0.804. The Hall–Kier alpha value is -1.76. The zero-order chi connectivity index (χ0) is 13.8. The molecule has 0 fully saturated rings. The van der Waals surface area contributed by atoms with Gasteiger partial charge in [0.25, 0.3) is 0 Å². The van der Waals surface area contributed by atoms with Gasteiger partial charge in [0.1, 0.15) is 0 Å². The molecule has 0 N–H and O–H groups in total. The number of aromatic nitrogens is 4. The molecular formula is C12H13BrN4O2. The number of rotatable bonds is 4. The maximum absolute atomic E-state index is 11.6. The van der Waals surface area contributed by atoms with Gasteiger partial charge in [-0.25, -0.2) is 9.48 Å².